The molecular weight excluding hydrogens is 226 g/mol. The Morgan fingerprint density at radius 3 is 2.50 bits per heavy atom. The lowest BCUT2D eigenvalue weighted by molar-refractivity contribution is 0.0924. The summed E-state index contributed by atoms with van der Waals surface area (Å²) in [6.07, 6.45) is 9.77. The monoisotopic (exact) mass is 253 g/mol. The fraction of sp³-hybridized carbons (Fsp3) is 0.929. The van der Waals surface area contributed by atoms with Crippen LogP contribution in [0.3, 0.4) is 0 Å². The highest BCUT2D eigenvalue weighted by Crippen LogP contribution is 2.26. The molecule has 1 unspecified atom stereocenters. The molecule has 0 saturated heterocycles. The fourth-order valence-electron chi connectivity index (χ4n) is 2.86. The van der Waals surface area contributed by atoms with Gasteiger partial charge in [-0.3, -0.25) is 4.99 Å². The van der Waals surface area contributed by atoms with E-state index in [0.29, 0.717) is 18.4 Å². The van der Waals surface area contributed by atoms with Crippen LogP contribution >= 0.6 is 0 Å². The Morgan fingerprint density at radius 2 is 1.89 bits per heavy atom. The molecule has 2 aliphatic rings. The molecule has 0 aliphatic heterocycles. The molecule has 0 bridgehead atoms. The molecule has 0 radical (unpaired) electrons. The van der Waals surface area contributed by atoms with Crippen molar-refractivity contribution < 1.29 is 5.11 Å². The summed E-state index contributed by atoms with van der Waals surface area (Å²) >= 11 is 0. The molecule has 2 fully saturated rings. The Bertz CT molecular complexity index is 270. The maximum absolute atomic E-state index is 10.1. The summed E-state index contributed by atoms with van der Waals surface area (Å²) in [5.41, 5.74) is 5.81. The van der Waals surface area contributed by atoms with E-state index in [4.69, 9.17) is 5.73 Å². The summed E-state index contributed by atoms with van der Waals surface area (Å²) in [6.45, 7) is 1.39. The van der Waals surface area contributed by atoms with Gasteiger partial charge in [-0.1, -0.05) is 25.7 Å². The number of aliphatic imine (C=N–C) groups is 1. The van der Waals surface area contributed by atoms with Gasteiger partial charge in [0, 0.05) is 6.54 Å². The SMILES string of the molecule is NC(=NCC(O)C1CCCCC1)NCC1CCC1. The van der Waals surface area contributed by atoms with Crippen LogP contribution in [0.2, 0.25) is 0 Å². The minimum absolute atomic E-state index is 0.311. The molecule has 0 aromatic rings. The molecule has 4 heteroatoms. The summed E-state index contributed by atoms with van der Waals surface area (Å²) in [5, 5.41) is 13.2. The molecule has 0 aromatic carbocycles. The number of hydrogen-bond donors (Lipinski definition) is 3. The highest BCUT2D eigenvalue weighted by atomic mass is 16.3. The molecule has 18 heavy (non-hydrogen) atoms. The zero-order chi connectivity index (χ0) is 12.8. The van der Waals surface area contributed by atoms with Crippen molar-refractivity contribution in [3.63, 3.8) is 0 Å². The average molecular weight is 253 g/mol. The van der Waals surface area contributed by atoms with E-state index in [1.807, 2.05) is 0 Å². The molecule has 0 amide bonds. The van der Waals surface area contributed by atoms with Gasteiger partial charge in [0.25, 0.3) is 0 Å². The van der Waals surface area contributed by atoms with E-state index >= 15 is 0 Å². The molecule has 0 spiro atoms. The van der Waals surface area contributed by atoms with Crippen molar-refractivity contribution in [1.82, 2.24) is 5.32 Å². The Kier molecular flexibility index (Phi) is 5.29. The molecule has 0 aromatic heterocycles. The third kappa shape index (κ3) is 4.16. The number of aliphatic hydroxyl groups excluding tert-OH is 1. The maximum Gasteiger partial charge on any atom is 0.188 e. The molecule has 104 valence electrons. The van der Waals surface area contributed by atoms with E-state index in [-0.39, 0.29) is 6.10 Å². The average Bonchev–Trinajstić information content (AvgIpc) is 2.35. The molecule has 2 rings (SSSR count). The van der Waals surface area contributed by atoms with Crippen LogP contribution in [0.1, 0.15) is 51.4 Å². The van der Waals surface area contributed by atoms with Crippen molar-refractivity contribution in [3.05, 3.63) is 0 Å². The lowest BCUT2D eigenvalue weighted by Crippen LogP contribution is -2.38. The second kappa shape index (κ2) is 6.98. The van der Waals surface area contributed by atoms with Crippen LogP contribution in [0.4, 0.5) is 0 Å². The number of aliphatic hydroxyl groups is 1. The molecule has 4 N–H and O–H groups in total. The van der Waals surface area contributed by atoms with Gasteiger partial charge in [0.15, 0.2) is 5.96 Å². The number of guanidine groups is 1. The predicted octanol–water partition coefficient (Wildman–Crippen LogP) is 1.63. The Morgan fingerprint density at radius 1 is 1.17 bits per heavy atom. The molecule has 2 saturated carbocycles. The van der Waals surface area contributed by atoms with Crippen LogP contribution in [0.5, 0.6) is 0 Å². The van der Waals surface area contributed by atoms with Crippen molar-refractivity contribution in [2.75, 3.05) is 13.1 Å². The maximum atomic E-state index is 10.1. The summed E-state index contributed by atoms with van der Waals surface area (Å²) < 4.78 is 0. The van der Waals surface area contributed by atoms with Crippen molar-refractivity contribution in [3.8, 4) is 0 Å². The minimum Gasteiger partial charge on any atom is -0.391 e. The first-order valence-corrected chi connectivity index (χ1v) is 7.47. The van der Waals surface area contributed by atoms with Crippen LogP contribution in [-0.4, -0.2) is 30.3 Å². The van der Waals surface area contributed by atoms with Gasteiger partial charge in [0.2, 0.25) is 0 Å². The van der Waals surface area contributed by atoms with Crippen LogP contribution < -0.4 is 11.1 Å². The van der Waals surface area contributed by atoms with Gasteiger partial charge in [-0.2, -0.15) is 0 Å². The van der Waals surface area contributed by atoms with E-state index < -0.39 is 0 Å². The summed E-state index contributed by atoms with van der Waals surface area (Å²) in [6, 6.07) is 0. The van der Waals surface area contributed by atoms with E-state index in [1.54, 1.807) is 0 Å². The molecule has 4 nitrogen and oxygen atoms in total. The van der Waals surface area contributed by atoms with Crippen LogP contribution in [0, 0.1) is 11.8 Å². The highest BCUT2D eigenvalue weighted by molar-refractivity contribution is 5.77. The van der Waals surface area contributed by atoms with Crippen LogP contribution in [-0.2, 0) is 0 Å². The molecule has 1 atom stereocenters. The lowest BCUT2D eigenvalue weighted by atomic mass is 9.85. The first-order chi connectivity index (χ1) is 8.75. The number of nitrogens with zero attached hydrogens (tertiary/aromatic N) is 1. The van der Waals surface area contributed by atoms with Gasteiger partial charge in [-0.15, -0.1) is 0 Å². The van der Waals surface area contributed by atoms with Gasteiger partial charge in [0.1, 0.15) is 0 Å². The van der Waals surface area contributed by atoms with Crippen molar-refractivity contribution in [2.24, 2.45) is 22.6 Å². The zero-order valence-corrected chi connectivity index (χ0v) is 11.3. The van der Waals surface area contributed by atoms with Gasteiger partial charge >= 0.3 is 0 Å². The summed E-state index contributed by atoms with van der Waals surface area (Å²) in [4.78, 5) is 4.26. The zero-order valence-electron chi connectivity index (χ0n) is 11.3. The highest BCUT2D eigenvalue weighted by Gasteiger charge is 2.21. The fourth-order valence-corrected chi connectivity index (χ4v) is 2.86. The topological polar surface area (TPSA) is 70.6 Å². The molecular formula is C14H27N3O. The number of nitrogens with two attached hydrogens (primary N) is 1. The molecule has 2 aliphatic carbocycles. The first-order valence-electron chi connectivity index (χ1n) is 7.47. The van der Waals surface area contributed by atoms with Crippen LogP contribution in [0.15, 0.2) is 4.99 Å². The lowest BCUT2D eigenvalue weighted by Gasteiger charge is -2.26. The number of nitrogens with one attached hydrogen (secondary N) is 1. The minimum atomic E-state index is -0.311. The van der Waals surface area contributed by atoms with E-state index in [1.165, 1.54) is 38.5 Å². The normalized spacial score (nSPS) is 24.6. The Labute approximate surface area is 110 Å². The van der Waals surface area contributed by atoms with Crippen molar-refractivity contribution in [2.45, 2.75) is 57.5 Å². The van der Waals surface area contributed by atoms with Crippen LogP contribution in [0.25, 0.3) is 0 Å². The van der Waals surface area contributed by atoms with Crippen molar-refractivity contribution >= 4 is 5.96 Å². The first kappa shape index (κ1) is 13.7. The number of rotatable bonds is 5. The van der Waals surface area contributed by atoms with Crippen molar-refractivity contribution in [1.29, 1.82) is 0 Å². The quantitative estimate of drug-likeness (QED) is 0.515. The third-order valence-corrected chi connectivity index (χ3v) is 4.44. The Balaban J connectivity index is 1.64. The van der Waals surface area contributed by atoms with Gasteiger partial charge in [0.05, 0.1) is 12.6 Å². The van der Waals surface area contributed by atoms with E-state index in [9.17, 15) is 5.11 Å². The number of hydrogen-bond acceptors (Lipinski definition) is 2. The summed E-state index contributed by atoms with van der Waals surface area (Å²) in [7, 11) is 0. The second-order valence-electron chi connectivity index (χ2n) is 5.87. The Hall–Kier alpha value is -0.770. The van der Waals surface area contributed by atoms with Gasteiger partial charge in [-0.25, -0.2) is 0 Å². The standard InChI is InChI=1S/C14H27N3O/c15-14(16-9-11-5-4-6-11)17-10-13(18)12-7-2-1-3-8-12/h11-13,18H,1-10H2,(H3,15,16,17). The second-order valence-corrected chi connectivity index (χ2v) is 5.87. The summed E-state index contributed by atoms with van der Waals surface area (Å²) in [5.74, 6) is 1.71. The van der Waals surface area contributed by atoms with E-state index in [0.717, 1.165) is 25.3 Å². The van der Waals surface area contributed by atoms with Gasteiger partial charge < -0.3 is 16.2 Å². The van der Waals surface area contributed by atoms with E-state index in [2.05, 4.69) is 10.3 Å². The molecule has 0 heterocycles. The largest absolute Gasteiger partial charge is 0.391 e. The predicted molar refractivity (Wildman–Crippen MR) is 74.4 cm³/mol. The smallest absolute Gasteiger partial charge is 0.188 e. The van der Waals surface area contributed by atoms with Gasteiger partial charge in [-0.05, 0) is 37.5 Å². The third-order valence-electron chi connectivity index (χ3n) is 4.44.